The van der Waals surface area contributed by atoms with Crippen molar-refractivity contribution < 1.29 is 13.9 Å². The number of carbonyl (C=O) groups excluding carboxylic acids is 1. The molecule has 0 aliphatic heterocycles. The van der Waals surface area contributed by atoms with Gasteiger partial charge in [-0.25, -0.2) is 4.79 Å². The van der Waals surface area contributed by atoms with E-state index >= 15 is 0 Å². The van der Waals surface area contributed by atoms with E-state index in [2.05, 4.69) is 12.2 Å². The largest absolute Gasteiger partial charge is 0.463 e. The highest BCUT2D eigenvalue weighted by atomic mass is 16.5. The first-order valence-electron chi connectivity index (χ1n) is 7.14. The molecule has 19 heavy (non-hydrogen) atoms. The number of hydrogen-bond donors (Lipinski definition) is 1. The van der Waals surface area contributed by atoms with E-state index in [-0.39, 0.29) is 0 Å². The molecule has 0 radical (unpaired) electrons. The Balaban J connectivity index is 1.94. The molecule has 1 aromatic heterocycles. The first-order chi connectivity index (χ1) is 9.26. The molecule has 1 aliphatic carbocycles. The Kier molecular flexibility index (Phi) is 5.02. The van der Waals surface area contributed by atoms with Crippen LogP contribution in [0.3, 0.4) is 0 Å². The standard InChI is InChI=1S/C15H23NO3/c1-3-11-6-4-5-7-13(11)16-10-12-8-9-19-14(12)15(17)18-2/h8-9,11,13,16H,3-7,10H2,1-2H3. The van der Waals surface area contributed by atoms with Gasteiger partial charge in [0.1, 0.15) is 0 Å². The smallest absolute Gasteiger partial charge is 0.374 e. The van der Waals surface area contributed by atoms with Gasteiger partial charge in [0.25, 0.3) is 0 Å². The summed E-state index contributed by atoms with van der Waals surface area (Å²) < 4.78 is 9.90. The number of esters is 1. The van der Waals surface area contributed by atoms with Gasteiger partial charge in [0.15, 0.2) is 0 Å². The first kappa shape index (κ1) is 14.1. The average Bonchev–Trinajstić information content (AvgIpc) is 2.93. The molecule has 1 aromatic rings. The first-order valence-corrected chi connectivity index (χ1v) is 7.14. The Hall–Kier alpha value is -1.29. The van der Waals surface area contributed by atoms with Gasteiger partial charge >= 0.3 is 5.97 Å². The maximum absolute atomic E-state index is 11.5. The molecule has 1 heterocycles. The van der Waals surface area contributed by atoms with Crippen LogP contribution in [-0.4, -0.2) is 19.1 Å². The topological polar surface area (TPSA) is 51.5 Å². The zero-order valence-corrected chi connectivity index (χ0v) is 11.8. The van der Waals surface area contributed by atoms with Gasteiger partial charge in [0, 0.05) is 18.2 Å². The average molecular weight is 265 g/mol. The summed E-state index contributed by atoms with van der Waals surface area (Å²) in [5.74, 6) is 0.665. The van der Waals surface area contributed by atoms with Gasteiger partial charge in [-0.05, 0) is 24.8 Å². The summed E-state index contributed by atoms with van der Waals surface area (Å²) in [6.45, 7) is 2.92. The summed E-state index contributed by atoms with van der Waals surface area (Å²) in [7, 11) is 1.37. The zero-order valence-electron chi connectivity index (χ0n) is 11.8. The van der Waals surface area contributed by atoms with Crippen molar-refractivity contribution in [3.8, 4) is 0 Å². The fraction of sp³-hybridized carbons (Fsp3) is 0.667. The molecule has 0 saturated heterocycles. The van der Waals surface area contributed by atoms with E-state index in [1.54, 1.807) is 6.26 Å². The van der Waals surface area contributed by atoms with Crippen LogP contribution in [-0.2, 0) is 11.3 Å². The maximum atomic E-state index is 11.5. The molecule has 4 nitrogen and oxygen atoms in total. The quantitative estimate of drug-likeness (QED) is 0.831. The Bertz CT molecular complexity index is 413. The minimum Gasteiger partial charge on any atom is -0.463 e. The number of ether oxygens (including phenoxy) is 1. The van der Waals surface area contributed by atoms with Crippen LogP contribution in [0.25, 0.3) is 0 Å². The fourth-order valence-electron chi connectivity index (χ4n) is 2.95. The normalized spacial score (nSPS) is 23.3. The molecular weight excluding hydrogens is 242 g/mol. The second-order valence-electron chi connectivity index (χ2n) is 5.21. The molecule has 2 rings (SSSR count). The second kappa shape index (κ2) is 6.75. The molecule has 1 N–H and O–H groups in total. The Morgan fingerprint density at radius 2 is 2.26 bits per heavy atom. The van der Waals surface area contributed by atoms with Crippen LogP contribution in [0.2, 0.25) is 0 Å². The van der Waals surface area contributed by atoms with E-state index < -0.39 is 5.97 Å². The SMILES string of the molecule is CCC1CCCCC1NCc1ccoc1C(=O)OC. The monoisotopic (exact) mass is 265 g/mol. The summed E-state index contributed by atoms with van der Waals surface area (Å²) in [5.41, 5.74) is 0.882. The van der Waals surface area contributed by atoms with Crippen molar-refractivity contribution in [2.75, 3.05) is 7.11 Å². The summed E-state index contributed by atoms with van der Waals surface area (Å²) in [6.07, 6.45) is 7.93. The highest BCUT2D eigenvalue weighted by Gasteiger charge is 2.24. The van der Waals surface area contributed by atoms with Crippen molar-refractivity contribution in [3.05, 3.63) is 23.7 Å². The van der Waals surface area contributed by atoms with E-state index in [4.69, 9.17) is 9.15 Å². The summed E-state index contributed by atoms with van der Waals surface area (Å²) in [4.78, 5) is 11.5. The van der Waals surface area contributed by atoms with Crippen LogP contribution in [0.15, 0.2) is 16.7 Å². The zero-order chi connectivity index (χ0) is 13.7. The number of hydrogen-bond acceptors (Lipinski definition) is 4. The van der Waals surface area contributed by atoms with Crippen LogP contribution in [0.1, 0.15) is 55.1 Å². The van der Waals surface area contributed by atoms with Crippen LogP contribution < -0.4 is 5.32 Å². The second-order valence-corrected chi connectivity index (χ2v) is 5.21. The number of methoxy groups -OCH3 is 1. The third-order valence-electron chi connectivity index (χ3n) is 4.11. The highest BCUT2D eigenvalue weighted by Crippen LogP contribution is 2.27. The van der Waals surface area contributed by atoms with Gasteiger partial charge in [0.2, 0.25) is 5.76 Å². The molecule has 0 aromatic carbocycles. The number of nitrogens with one attached hydrogen (secondary N) is 1. The van der Waals surface area contributed by atoms with Crippen molar-refractivity contribution in [1.29, 1.82) is 0 Å². The van der Waals surface area contributed by atoms with Crippen LogP contribution in [0.4, 0.5) is 0 Å². The lowest BCUT2D eigenvalue weighted by atomic mass is 9.83. The Morgan fingerprint density at radius 3 is 3.00 bits per heavy atom. The molecule has 106 valence electrons. The highest BCUT2D eigenvalue weighted by molar-refractivity contribution is 5.87. The van der Waals surface area contributed by atoms with Gasteiger partial charge < -0.3 is 14.5 Å². The minimum absolute atomic E-state index is 0.318. The van der Waals surface area contributed by atoms with Crippen molar-refractivity contribution in [2.24, 2.45) is 5.92 Å². The van der Waals surface area contributed by atoms with Gasteiger partial charge in [-0.15, -0.1) is 0 Å². The maximum Gasteiger partial charge on any atom is 0.374 e. The van der Waals surface area contributed by atoms with Gasteiger partial charge in [-0.1, -0.05) is 26.2 Å². The van der Waals surface area contributed by atoms with E-state index in [9.17, 15) is 4.79 Å². The Labute approximate surface area is 114 Å². The van der Waals surface area contributed by atoms with Crippen LogP contribution >= 0.6 is 0 Å². The molecule has 4 heteroatoms. The Morgan fingerprint density at radius 1 is 1.47 bits per heavy atom. The third-order valence-corrected chi connectivity index (χ3v) is 4.11. The van der Waals surface area contributed by atoms with Crippen molar-refractivity contribution >= 4 is 5.97 Å². The van der Waals surface area contributed by atoms with Crippen LogP contribution in [0.5, 0.6) is 0 Å². The lowest BCUT2D eigenvalue weighted by Gasteiger charge is -2.31. The fourth-order valence-corrected chi connectivity index (χ4v) is 2.95. The summed E-state index contributed by atoms with van der Waals surface area (Å²) in [5, 5.41) is 3.58. The van der Waals surface area contributed by atoms with Crippen molar-refractivity contribution in [1.82, 2.24) is 5.32 Å². The predicted octanol–water partition coefficient (Wildman–Crippen LogP) is 3.12. The van der Waals surface area contributed by atoms with E-state index in [1.807, 2.05) is 6.07 Å². The number of carbonyl (C=O) groups is 1. The van der Waals surface area contributed by atoms with Crippen molar-refractivity contribution in [2.45, 2.75) is 51.6 Å². The summed E-state index contributed by atoms with van der Waals surface area (Å²) in [6, 6.07) is 2.39. The lowest BCUT2D eigenvalue weighted by Crippen LogP contribution is -2.38. The lowest BCUT2D eigenvalue weighted by molar-refractivity contribution is 0.0563. The molecule has 1 aliphatic rings. The minimum atomic E-state index is -0.405. The van der Waals surface area contributed by atoms with E-state index in [0.717, 1.165) is 11.5 Å². The molecule has 1 saturated carbocycles. The summed E-state index contributed by atoms with van der Waals surface area (Å²) >= 11 is 0. The van der Waals surface area contributed by atoms with Gasteiger partial charge in [-0.2, -0.15) is 0 Å². The van der Waals surface area contributed by atoms with Crippen molar-refractivity contribution in [3.63, 3.8) is 0 Å². The van der Waals surface area contributed by atoms with E-state index in [0.29, 0.717) is 18.3 Å². The van der Waals surface area contributed by atoms with Gasteiger partial charge in [-0.3, -0.25) is 0 Å². The number of rotatable bonds is 5. The molecule has 2 unspecified atom stereocenters. The van der Waals surface area contributed by atoms with E-state index in [1.165, 1.54) is 39.2 Å². The predicted molar refractivity (Wildman–Crippen MR) is 72.9 cm³/mol. The molecule has 0 spiro atoms. The molecule has 0 bridgehead atoms. The molecular formula is C15H23NO3. The molecule has 1 fully saturated rings. The number of furan rings is 1. The van der Waals surface area contributed by atoms with Gasteiger partial charge in [0.05, 0.1) is 13.4 Å². The third kappa shape index (κ3) is 3.38. The molecule has 2 atom stereocenters. The molecule has 0 amide bonds. The van der Waals surface area contributed by atoms with Crippen LogP contribution in [0, 0.1) is 5.92 Å².